The SMILES string of the molecule is COC(=O)NS(=O)(=O)NCC(C)CC(=O)O. The number of aliphatic carboxylic acids is 1. The molecule has 0 saturated carbocycles. The number of carbonyl (C=O) groups excluding carboxylic acids is 1. The summed E-state index contributed by atoms with van der Waals surface area (Å²) in [7, 11) is -2.97. The Morgan fingerprint density at radius 1 is 1.44 bits per heavy atom. The van der Waals surface area contributed by atoms with Gasteiger partial charge in [0.25, 0.3) is 0 Å². The van der Waals surface area contributed by atoms with Crippen molar-refractivity contribution in [1.29, 1.82) is 0 Å². The van der Waals surface area contributed by atoms with Crippen LogP contribution in [0.2, 0.25) is 0 Å². The Morgan fingerprint density at radius 2 is 2.00 bits per heavy atom. The van der Waals surface area contributed by atoms with Gasteiger partial charge in [-0.1, -0.05) is 6.92 Å². The molecule has 0 radical (unpaired) electrons. The highest BCUT2D eigenvalue weighted by molar-refractivity contribution is 7.88. The van der Waals surface area contributed by atoms with E-state index in [-0.39, 0.29) is 18.9 Å². The lowest BCUT2D eigenvalue weighted by molar-refractivity contribution is -0.137. The van der Waals surface area contributed by atoms with E-state index in [1.54, 1.807) is 11.6 Å². The number of ether oxygens (including phenoxy) is 1. The fourth-order valence-electron chi connectivity index (χ4n) is 0.810. The second-order valence-corrected chi connectivity index (χ2v) is 4.65. The lowest BCUT2D eigenvalue weighted by Crippen LogP contribution is -2.42. The van der Waals surface area contributed by atoms with Gasteiger partial charge in [0, 0.05) is 13.0 Å². The van der Waals surface area contributed by atoms with Crippen molar-refractivity contribution in [1.82, 2.24) is 9.44 Å². The van der Waals surface area contributed by atoms with Crippen LogP contribution in [0.15, 0.2) is 0 Å². The molecule has 0 aromatic carbocycles. The van der Waals surface area contributed by atoms with Gasteiger partial charge >= 0.3 is 22.3 Å². The van der Waals surface area contributed by atoms with E-state index in [1.807, 2.05) is 4.72 Å². The van der Waals surface area contributed by atoms with E-state index in [4.69, 9.17) is 5.11 Å². The van der Waals surface area contributed by atoms with E-state index in [1.165, 1.54) is 0 Å². The van der Waals surface area contributed by atoms with Crippen molar-refractivity contribution in [2.75, 3.05) is 13.7 Å². The average molecular weight is 254 g/mol. The van der Waals surface area contributed by atoms with Crippen molar-refractivity contribution in [2.24, 2.45) is 5.92 Å². The average Bonchev–Trinajstić information content (AvgIpc) is 2.13. The number of methoxy groups -OCH3 is 1. The number of nitrogens with one attached hydrogen (secondary N) is 2. The van der Waals surface area contributed by atoms with Crippen LogP contribution in [-0.4, -0.2) is 39.2 Å². The van der Waals surface area contributed by atoms with Crippen LogP contribution in [-0.2, 0) is 19.7 Å². The lowest BCUT2D eigenvalue weighted by atomic mass is 10.1. The van der Waals surface area contributed by atoms with Crippen LogP contribution in [0.4, 0.5) is 4.79 Å². The Morgan fingerprint density at radius 3 is 2.44 bits per heavy atom. The van der Waals surface area contributed by atoms with Gasteiger partial charge in [0.05, 0.1) is 7.11 Å². The zero-order chi connectivity index (χ0) is 12.8. The molecule has 0 aliphatic rings. The number of hydrogen-bond donors (Lipinski definition) is 3. The van der Waals surface area contributed by atoms with E-state index in [2.05, 4.69) is 4.74 Å². The Hall–Kier alpha value is -1.35. The summed E-state index contributed by atoms with van der Waals surface area (Å²) in [6, 6.07) is 0. The molecule has 16 heavy (non-hydrogen) atoms. The summed E-state index contributed by atoms with van der Waals surface area (Å²) in [5, 5.41) is 8.43. The molecule has 1 amide bonds. The van der Waals surface area contributed by atoms with Crippen molar-refractivity contribution in [3.05, 3.63) is 0 Å². The maximum atomic E-state index is 11.1. The van der Waals surface area contributed by atoms with Crippen molar-refractivity contribution in [2.45, 2.75) is 13.3 Å². The number of hydrogen-bond acceptors (Lipinski definition) is 5. The highest BCUT2D eigenvalue weighted by Crippen LogP contribution is 1.99. The zero-order valence-electron chi connectivity index (χ0n) is 8.89. The molecule has 0 aromatic rings. The molecule has 0 aliphatic heterocycles. The van der Waals surface area contributed by atoms with Gasteiger partial charge in [0.2, 0.25) is 0 Å². The lowest BCUT2D eigenvalue weighted by Gasteiger charge is -2.10. The quantitative estimate of drug-likeness (QED) is 0.575. The van der Waals surface area contributed by atoms with Gasteiger partial charge in [0.15, 0.2) is 0 Å². The summed E-state index contributed by atoms with van der Waals surface area (Å²) in [6.07, 6.45) is -1.28. The number of amides is 1. The largest absolute Gasteiger partial charge is 0.481 e. The first-order valence-electron chi connectivity index (χ1n) is 4.34. The van der Waals surface area contributed by atoms with E-state index >= 15 is 0 Å². The molecule has 3 N–H and O–H groups in total. The van der Waals surface area contributed by atoms with Crippen LogP contribution in [0.5, 0.6) is 0 Å². The van der Waals surface area contributed by atoms with Gasteiger partial charge in [-0.2, -0.15) is 13.1 Å². The predicted molar refractivity (Wildman–Crippen MR) is 53.9 cm³/mol. The second-order valence-electron chi connectivity index (χ2n) is 3.15. The predicted octanol–water partition coefficient (Wildman–Crippen LogP) is -0.712. The summed E-state index contributed by atoms with van der Waals surface area (Å²) >= 11 is 0. The molecule has 94 valence electrons. The van der Waals surface area contributed by atoms with Gasteiger partial charge in [0.1, 0.15) is 0 Å². The van der Waals surface area contributed by atoms with Gasteiger partial charge in [-0.3, -0.25) is 4.79 Å². The number of carboxylic acids is 1. The minimum absolute atomic E-state index is 0.0847. The first-order valence-corrected chi connectivity index (χ1v) is 5.82. The van der Waals surface area contributed by atoms with Gasteiger partial charge in [-0.25, -0.2) is 9.52 Å². The number of carboxylic acid groups (broad SMARTS) is 1. The third-order valence-electron chi connectivity index (χ3n) is 1.55. The standard InChI is InChI=1S/C7H14N2O6S/c1-5(3-6(10)11)4-8-16(13,14)9-7(12)15-2/h5,8H,3-4H2,1-2H3,(H,9,12)(H,10,11). The van der Waals surface area contributed by atoms with Gasteiger partial charge in [-0.15, -0.1) is 0 Å². The van der Waals surface area contributed by atoms with Crippen LogP contribution >= 0.6 is 0 Å². The van der Waals surface area contributed by atoms with Crippen LogP contribution in [0.25, 0.3) is 0 Å². The molecule has 8 nitrogen and oxygen atoms in total. The van der Waals surface area contributed by atoms with E-state index in [9.17, 15) is 18.0 Å². The monoisotopic (exact) mass is 254 g/mol. The Labute approximate surface area is 93.2 Å². The fraction of sp³-hybridized carbons (Fsp3) is 0.714. The Balaban J connectivity index is 4.09. The highest BCUT2D eigenvalue weighted by atomic mass is 32.2. The van der Waals surface area contributed by atoms with Crippen LogP contribution < -0.4 is 9.44 Å². The number of rotatable bonds is 6. The normalized spacial score (nSPS) is 12.9. The maximum Gasteiger partial charge on any atom is 0.421 e. The van der Waals surface area contributed by atoms with Crippen molar-refractivity contribution in [3.63, 3.8) is 0 Å². The smallest absolute Gasteiger partial charge is 0.421 e. The number of carbonyl (C=O) groups is 2. The zero-order valence-corrected chi connectivity index (χ0v) is 9.70. The van der Waals surface area contributed by atoms with Crippen LogP contribution in [0.1, 0.15) is 13.3 Å². The van der Waals surface area contributed by atoms with Crippen molar-refractivity contribution < 1.29 is 27.9 Å². The van der Waals surface area contributed by atoms with Gasteiger partial charge in [-0.05, 0) is 5.92 Å². The second kappa shape index (κ2) is 6.28. The third kappa shape index (κ3) is 7.01. The molecule has 0 heterocycles. The van der Waals surface area contributed by atoms with Gasteiger partial charge < -0.3 is 9.84 Å². The van der Waals surface area contributed by atoms with Crippen LogP contribution in [0, 0.1) is 5.92 Å². The first-order chi connectivity index (χ1) is 7.26. The molecule has 1 unspecified atom stereocenters. The summed E-state index contributed by atoms with van der Waals surface area (Å²) < 4.78 is 29.9. The molecular formula is C7H14N2O6S. The Kier molecular flexibility index (Phi) is 5.75. The summed E-state index contributed by atoms with van der Waals surface area (Å²) in [6.45, 7) is 1.48. The third-order valence-corrected chi connectivity index (χ3v) is 2.53. The molecule has 0 rings (SSSR count). The van der Waals surface area contributed by atoms with Crippen molar-refractivity contribution >= 4 is 22.3 Å². The first kappa shape index (κ1) is 14.6. The van der Waals surface area contributed by atoms with E-state index < -0.39 is 22.3 Å². The maximum absolute atomic E-state index is 11.1. The van der Waals surface area contributed by atoms with E-state index in [0.717, 1.165) is 7.11 Å². The Bertz CT molecular complexity index is 352. The molecule has 0 spiro atoms. The molecule has 0 aromatic heterocycles. The molecule has 0 saturated heterocycles. The summed E-state index contributed by atoms with van der Waals surface area (Å²) in [4.78, 5) is 20.9. The minimum Gasteiger partial charge on any atom is -0.481 e. The topological polar surface area (TPSA) is 122 Å². The summed E-state index contributed by atoms with van der Waals surface area (Å²) in [5.41, 5.74) is 0. The minimum atomic E-state index is -3.99. The molecule has 0 aliphatic carbocycles. The molecule has 0 bridgehead atoms. The molecule has 9 heteroatoms. The molecular weight excluding hydrogens is 240 g/mol. The fourth-order valence-corrected chi connectivity index (χ4v) is 1.69. The van der Waals surface area contributed by atoms with Crippen molar-refractivity contribution in [3.8, 4) is 0 Å². The molecule has 0 fully saturated rings. The summed E-state index contributed by atoms with van der Waals surface area (Å²) in [5.74, 6) is -1.40. The highest BCUT2D eigenvalue weighted by Gasteiger charge is 2.16. The van der Waals surface area contributed by atoms with Crippen LogP contribution in [0.3, 0.4) is 0 Å². The van der Waals surface area contributed by atoms with E-state index in [0.29, 0.717) is 0 Å². The molecule has 1 atom stereocenters.